The van der Waals surface area contributed by atoms with Gasteiger partial charge in [0.1, 0.15) is 30.5 Å². The van der Waals surface area contributed by atoms with Gasteiger partial charge in [-0.1, -0.05) is 0 Å². The number of aliphatic carboxylic acids is 1. The molecule has 23 heavy (non-hydrogen) atoms. The van der Waals surface area contributed by atoms with E-state index in [9.17, 15) is 24.6 Å². The molecule has 1 aromatic rings. The Balaban J connectivity index is 2.42. The van der Waals surface area contributed by atoms with Crippen LogP contribution in [0.15, 0.2) is 15.8 Å². The van der Waals surface area contributed by atoms with Crippen LogP contribution in [0.25, 0.3) is 0 Å². The number of aromatic amines is 1. The number of H-pyrrole nitrogens is 1. The first kappa shape index (κ1) is 17.1. The molecule has 11 nitrogen and oxygen atoms in total. The molecule has 2 heterocycles. The van der Waals surface area contributed by atoms with E-state index in [0.29, 0.717) is 0 Å². The van der Waals surface area contributed by atoms with Crippen molar-refractivity contribution in [2.24, 2.45) is 0 Å². The second-order valence-corrected chi connectivity index (χ2v) is 5.16. The maximum atomic E-state index is 11.9. The van der Waals surface area contributed by atoms with Crippen LogP contribution in [0.1, 0.15) is 6.23 Å². The van der Waals surface area contributed by atoms with E-state index in [1.54, 1.807) is 0 Å². The van der Waals surface area contributed by atoms with Gasteiger partial charge in [-0.25, -0.2) is 4.79 Å². The van der Waals surface area contributed by atoms with E-state index in [4.69, 9.17) is 14.9 Å². The van der Waals surface area contributed by atoms with Crippen molar-refractivity contribution < 1.29 is 30.0 Å². The maximum absolute atomic E-state index is 11.9. The molecule has 2 rings (SSSR count). The van der Waals surface area contributed by atoms with Crippen molar-refractivity contribution in [3.05, 3.63) is 27.0 Å². The summed E-state index contributed by atoms with van der Waals surface area (Å²) >= 11 is 0. The van der Waals surface area contributed by atoms with Gasteiger partial charge in [0.25, 0.3) is 5.56 Å². The minimum Gasteiger partial charge on any atom is -0.480 e. The Hall–Kier alpha value is -2.21. The SMILES string of the molecule is CN(CC(=O)O)c1cn([C@@H]2O[C@H](CO)[C@@H](O)[C@H]2O)c(=O)[nH]c1=O. The second-order valence-electron chi connectivity index (χ2n) is 5.16. The van der Waals surface area contributed by atoms with Crippen molar-refractivity contribution in [3.63, 3.8) is 0 Å². The Bertz CT molecular complexity index is 698. The number of ether oxygens (including phenoxy) is 1. The number of carboxylic acid groups (broad SMARTS) is 1. The molecule has 5 N–H and O–H groups in total. The van der Waals surface area contributed by atoms with Crippen LogP contribution in [0.2, 0.25) is 0 Å². The van der Waals surface area contributed by atoms with Gasteiger partial charge in [-0.2, -0.15) is 0 Å². The topological polar surface area (TPSA) is 165 Å². The van der Waals surface area contributed by atoms with Gasteiger partial charge in [0, 0.05) is 13.2 Å². The first-order chi connectivity index (χ1) is 10.8. The van der Waals surface area contributed by atoms with E-state index < -0.39 is 54.9 Å². The fourth-order valence-corrected chi connectivity index (χ4v) is 2.33. The lowest BCUT2D eigenvalue weighted by Gasteiger charge is -2.21. The number of carbonyl (C=O) groups is 1. The summed E-state index contributed by atoms with van der Waals surface area (Å²) in [5.41, 5.74) is -1.84. The monoisotopic (exact) mass is 331 g/mol. The number of hydrogen-bond acceptors (Lipinski definition) is 8. The van der Waals surface area contributed by atoms with Gasteiger partial charge in [0.15, 0.2) is 6.23 Å². The third kappa shape index (κ3) is 3.27. The largest absolute Gasteiger partial charge is 0.480 e. The molecule has 0 aliphatic carbocycles. The lowest BCUT2D eigenvalue weighted by Crippen LogP contribution is -2.40. The van der Waals surface area contributed by atoms with E-state index in [0.717, 1.165) is 15.7 Å². The Morgan fingerprint density at radius 1 is 1.39 bits per heavy atom. The Labute approximate surface area is 129 Å². The minimum atomic E-state index is -1.51. The van der Waals surface area contributed by atoms with Gasteiger partial charge >= 0.3 is 11.7 Å². The van der Waals surface area contributed by atoms with Crippen LogP contribution < -0.4 is 16.1 Å². The summed E-state index contributed by atoms with van der Waals surface area (Å²) in [6.45, 7) is -1.06. The highest BCUT2D eigenvalue weighted by molar-refractivity contribution is 5.73. The van der Waals surface area contributed by atoms with Crippen LogP contribution in [0.3, 0.4) is 0 Å². The van der Waals surface area contributed by atoms with E-state index in [1.807, 2.05) is 4.98 Å². The molecule has 0 amide bonds. The summed E-state index contributed by atoms with van der Waals surface area (Å²) in [5.74, 6) is -1.18. The Morgan fingerprint density at radius 2 is 2.04 bits per heavy atom. The first-order valence-electron chi connectivity index (χ1n) is 6.67. The van der Waals surface area contributed by atoms with Crippen molar-refractivity contribution in [1.82, 2.24) is 9.55 Å². The third-order valence-corrected chi connectivity index (χ3v) is 3.52. The number of aromatic nitrogens is 2. The van der Waals surface area contributed by atoms with Gasteiger partial charge in [0.2, 0.25) is 0 Å². The summed E-state index contributed by atoms with van der Waals surface area (Å²) in [5, 5.41) is 37.5. The highest BCUT2D eigenvalue weighted by atomic mass is 16.6. The molecule has 0 radical (unpaired) electrons. The highest BCUT2D eigenvalue weighted by Gasteiger charge is 2.43. The number of carboxylic acids is 1. The summed E-state index contributed by atoms with van der Waals surface area (Å²) in [7, 11) is 1.34. The zero-order valence-electron chi connectivity index (χ0n) is 12.1. The van der Waals surface area contributed by atoms with Gasteiger partial charge in [-0.3, -0.25) is 19.1 Å². The molecular formula is C12H17N3O8. The molecule has 1 fully saturated rings. The predicted octanol–water partition coefficient (Wildman–Crippen LogP) is -3.33. The minimum absolute atomic E-state index is 0.135. The summed E-state index contributed by atoms with van der Waals surface area (Å²) in [6, 6.07) is 0. The van der Waals surface area contributed by atoms with E-state index in [-0.39, 0.29) is 5.69 Å². The molecule has 128 valence electrons. The van der Waals surface area contributed by atoms with Gasteiger partial charge in [-0.05, 0) is 0 Å². The molecule has 0 bridgehead atoms. The molecule has 1 aromatic heterocycles. The van der Waals surface area contributed by atoms with Crippen LogP contribution >= 0.6 is 0 Å². The lowest BCUT2D eigenvalue weighted by atomic mass is 10.1. The molecule has 1 aliphatic rings. The number of aliphatic hydroxyl groups excluding tert-OH is 3. The fourth-order valence-electron chi connectivity index (χ4n) is 2.33. The Kier molecular flexibility index (Phi) is 4.85. The van der Waals surface area contributed by atoms with Crippen LogP contribution in [0.5, 0.6) is 0 Å². The number of nitrogens with one attached hydrogen (secondary N) is 1. The summed E-state index contributed by atoms with van der Waals surface area (Å²) in [6.07, 6.45) is -4.31. The maximum Gasteiger partial charge on any atom is 0.330 e. The van der Waals surface area contributed by atoms with Crippen molar-refractivity contribution in [2.45, 2.75) is 24.5 Å². The molecule has 1 saturated heterocycles. The predicted molar refractivity (Wildman–Crippen MR) is 75.2 cm³/mol. The molecule has 0 unspecified atom stereocenters. The summed E-state index contributed by atoms with van der Waals surface area (Å²) < 4.78 is 6.05. The van der Waals surface area contributed by atoms with E-state index in [1.165, 1.54) is 7.05 Å². The number of nitrogens with zero attached hydrogens (tertiary/aromatic N) is 2. The first-order valence-corrected chi connectivity index (χ1v) is 6.67. The Morgan fingerprint density at radius 3 is 2.57 bits per heavy atom. The number of hydrogen-bond donors (Lipinski definition) is 5. The van der Waals surface area contributed by atoms with Crippen molar-refractivity contribution >= 4 is 11.7 Å². The standard InChI is InChI=1S/C12H17N3O8/c1-14(3-7(17)18)5-2-15(12(22)13-10(5)21)11-9(20)8(19)6(4-16)23-11/h2,6,8-9,11,16,19-20H,3-4H2,1H3,(H,17,18)(H,13,21,22)/t6-,8-,9-,11-/m1/s1. The van der Waals surface area contributed by atoms with Crippen LogP contribution in [0, 0.1) is 0 Å². The molecule has 1 aliphatic heterocycles. The third-order valence-electron chi connectivity index (χ3n) is 3.52. The second kappa shape index (κ2) is 6.50. The van der Waals surface area contributed by atoms with Gasteiger partial charge in [0.05, 0.1) is 6.61 Å². The molecular weight excluding hydrogens is 314 g/mol. The smallest absolute Gasteiger partial charge is 0.330 e. The molecule has 0 saturated carbocycles. The number of aliphatic hydroxyl groups is 3. The van der Waals surface area contributed by atoms with Gasteiger partial charge in [-0.15, -0.1) is 0 Å². The average Bonchev–Trinajstić information content (AvgIpc) is 2.74. The van der Waals surface area contributed by atoms with E-state index in [2.05, 4.69) is 0 Å². The zero-order valence-corrected chi connectivity index (χ0v) is 12.1. The normalized spacial score (nSPS) is 27.1. The zero-order chi connectivity index (χ0) is 17.3. The molecule has 4 atom stereocenters. The lowest BCUT2D eigenvalue weighted by molar-refractivity contribution is -0.135. The van der Waals surface area contributed by atoms with Crippen molar-refractivity contribution in [3.8, 4) is 0 Å². The number of anilines is 1. The van der Waals surface area contributed by atoms with Crippen LogP contribution in [0.4, 0.5) is 5.69 Å². The summed E-state index contributed by atoms with van der Waals surface area (Å²) in [4.78, 5) is 37.5. The molecule has 11 heteroatoms. The highest BCUT2D eigenvalue weighted by Crippen LogP contribution is 2.28. The molecule has 0 spiro atoms. The van der Waals surface area contributed by atoms with Crippen molar-refractivity contribution in [2.75, 3.05) is 25.1 Å². The van der Waals surface area contributed by atoms with Crippen LogP contribution in [-0.2, 0) is 9.53 Å². The molecule has 0 aromatic carbocycles. The number of likely N-dealkylation sites (N-methyl/N-ethyl adjacent to an activating group) is 1. The average molecular weight is 331 g/mol. The van der Waals surface area contributed by atoms with Gasteiger partial charge < -0.3 is 30.1 Å². The van der Waals surface area contributed by atoms with Crippen molar-refractivity contribution in [1.29, 1.82) is 0 Å². The van der Waals surface area contributed by atoms with E-state index >= 15 is 0 Å². The quantitative estimate of drug-likeness (QED) is 0.371. The fraction of sp³-hybridized carbons (Fsp3) is 0.583. The number of rotatable bonds is 5. The van der Waals surface area contributed by atoms with Crippen LogP contribution in [-0.4, -0.2) is 74.5 Å².